The third kappa shape index (κ3) is 5.90. The summed E-state index contributed by atoms with van der Waals surface area (Å²) in [5, 5.41) is 2.14. The number of ether oxygens (including phenoxy) is 2. The second kappa shape index (κ2) is 10.8. The van der Waals surface area contributed by atoms with Gasteiger partial charge in [-0.3, -0.25) is 0 Å². The van der Waals surface area contributed by atoms with Crippen LogP contribution in [0.15, 0.2) is 48.0 Å². The molecule has 3 aromatic heterocycles. The number of benzene rings is 1. The van der Waals surface area contributed by atoms with Gasteiger partial charge in [0.1, 0.15) is 17.5 Å². The van der Waals surface area contributed by atoms with Crippen molar-refractivity contribution in [1.82, 2.24) is 19.0 Å². The summed E-state index contributed by atoms with van der Waals surface area (Å²) < 4.78 is 17.6. The molecule has 0 spiro atoms. The molecule has 0 aliphatic carbocycles. The molecule has 1 aromatic carbocycles. The van der Waals surface area contributed by atoms with E-state index in [2.05, 4.69) is 64.9 Å². The molecule has 1 saturated heterocycles. The SMILES string of the molecule is Cc1cnc(-c2cc3sccc3n2C)n1CCCc1ccc(OC2CCN(C(=O)OC(C)(C)C)CC2)cc1. The van der Waals surface area contributed by atoms with Crippen molar-refractivity contribution in [3.05, 3.63) is 59.2 Å². The predicted molar refractivity (Wildman–Crippen MR) is 153 cm³/mol. The number of aryl methyl sites for hydroxylation is 3. The summed E-state index contributed by atoms with van der Waals surface area (Å²) in [6.45, 7) is 10.1. The summed E-state index contributed by atoms with van der Waals surface area (Å²) >= 11 is 1.77. The number of hydrogen-bond acceptors (Lipinski definition) is 5. The summed E-state index contributed by atoms with van der Waals surface area (Å²) in [6.07, 6.45) is 5.51. The molecular weight excluding hydrogens is 496 g/mol. The standard InChI is InChI=1S/C30H38N4O3S/c1-21-20-31-28(26-19-27-25(32(26)5)14-18-38-27)34(21)15-6-7-22-8-10-23(11-9-22)36-24-12-16-33(17-13-24)29(35)37-30(2,3)4/h8-11,14,18-20,24H,6-7,12-13,15-17H2,1-5H3. The molecule has 0 saturated carbocycles. The number of nitrogens with zero attached hydrogens (tertiary/aromatic N) is 4. The molecule has 5 rings (SSSR count). The zero-order valence-electron chi connectivity index (χ0n) is 23.1. The Morgan fingerprint density at radius 3 is 2.55 bits per heavy atom. The predicted octanol–water partition coefficient (Wildman–Crippen LogP) is 6.82. The number of rotatable bonds is 7. The highest BCUT2D eigenvalue weighted by atomic mass is 32.1. The Morgan fingerprint density at radius 1 is 1.13 bits per heavy atom. The van der Waals surface area contributed by atoms with E-state index in [0.29, 0.717) is 13.1 Å². The Balaban J connectivity index is 1.12. The summed E-state index contributed by atoms with van der Waals surface area (Å²) in [5.41, 5.74) is 4.44. The van der Waals surface area contributed by atoms with E-state index in [0.717, 1.165) is 43.8 Å². The smallest absolute Gasteiger partial charge is 0.410 e. The second-order valence-corrected chi connectivity index (χ2v) is 12.1. The summed E-state index contributed by atoms with van der Waals surface area (Å²) in [7, 11) is 2.12. The van der Waals surface area contributed by atoms with E-state index in [1.54, 1.807) is 16.2 Å². The highest BCUT2D eigenvalue weighted by molar-refractivity contribution is 7.17. The van der Waals surface area contributed by atoms with Gasteiger partial charge in [0.05, 0.1) is 15.9 Å². The zero-order chi connectivity index (χ0) is 26.9. The molecule has 4 heterocycles. The van der Waals surface area contributed by atoms with Crippen LogP contribution in [0.2, 0.25) is 0 Å². The molecule has 0 unspecified atom stereocenters. The van der Waals surface area contributed by atoms with Crippen LogP contribution in [0.4, 0.5) is 4.79 Å². The van der Waals surface area contributed by atoms with E-state index < -0.39 is 5.60 Å². The minimum atomic E-state index is -0.467. The highest BCUT2D eigenvalue weighted by Crippen LogP contribution is 2.30. The van der Waals surface area contributed by atoms with Gasteiger partial charge in [-0.05, 0) is 75.7 Å². The van der Waals surface area contributed by atoms with E-state index >= 15 is 0 Å². The van der Waals surface area contributed by atoms with E-state index in [9.17, 15) is 4.79 Å². The Kier molecular flexibility index (Phi) is 7.52. The first-order chi connectivity index (χ1) is 18.2. The molecule has 202 valence electrons. The lowest BCUT2D eigenvalue weighted by Gasteiger charge is -2.33. The number of carbonyl (C=O) groups excluding carboxylic acids is 1. The number of imidazole rings is 1. The quantitative estimate of drug-likeness (QED) is 0.261. The first-order valence-corrected chi connectivity index (χ1v) is 14.3. The van der Waals surface area contributed by atoms with Gasteiger partial charge in [-0.1, -0.05) is 12.1 Å². The van der Waals surface area contributed by atoms with Gasteiger partial charge in [0.15, 0.2) is 5.82 Å². The molecule has 4 aromatic rings. The molecule has 7 nitrogen and oxygen atoms in total. The topological polar surface area (TPSA) is 61.5 Å². The van der Waals surface area contributed by atoms with Crippen LogP contribution in [0, 0.1) is 6.92 Å². The number of thiophene rings is 1. The van der Waals surface area contributed by atoms with Gasteiger partial charge in [0.25, 0.3) is 0 Å². The Hall–Kier alpha value is -3.26. The average molecular weight is 535 g/mol. The van der Waals surface area contributed by atoms with E-state index in [4.69, 9.17) is 14.5 Å². The largest absolute Gasteiger partial charge is 0.490 e. The van der Waals surface area contributed by atoms with Crippen LogP contribution in [0.3, 0.4) is 0 Å². The maximum atomic E-state index is 12.3. The zero-order valence-corrected chi connectivity index (χ0v) is 23.9. The molecule has 1 aliphatic heterocycles. The number of fused-ring (bicyclic) bond motifs is 1. The van der Waals surface area contributed by atoms with Crippen molar-refractivity contribution >= 4 is 27.6 Å². The molecule has 0 N–H and O–H groups in total. The number of piperidine rings is 1. The minimum Gasteiger partial charge on any atom is -0.490 e. The van der Waals surface area contributed by atoms with Crippen LogP contribution >= 0.6 is 11.3 Å². The summed E-state index contributed by atoms with van der Waals surface area (Å²) in [6, 6.07) is 12.9. The van der Waals surface area contributed by atoms with Crippen molar-refractivity contribution < 1.29 is 14.3 Å². The molecule has 0 atom stereocenters. The van der Waals surface area contributed by atoms with Crippen molar-refractivity contribution in [2.45, 2.75) is 71.6 Å². The van der Waals surface area contributed by atoms with Crippen LogP contribution in [0.25, 0.3) is 21.7 Å². The highest BCUT2D eigenvalue weighted by Gasteiger charge is 2.27. The van der Waals surface area contributed by atoms with Crippen molar-refractivity contribution in [2.24, 2.45) is 7.05 Å². The molecule has 0 bridgehead atoms. The summed E-state index contributed by atoms with van der Waals surface area (Å²) in [4.78, 5) is 18.8. The summed E-state index contributed by atoms with van der Waals surface area (Å²) in [5.74, 6) is 1.93. The van der Waals surface area contributed by atoms with Crippen LogP contribution in [0.5, 0.6) is 5.75 Å². The molecule has 8 heteroatoms. The fraction of sp³-hybridized carbons (Fsp3) is 0.467. The van der Waals surface area contributed by atoms with Gasteiger partial charge < -0.3 is 23.5 Å². The van der Waals surface area contributed by atoms with Gasteiger partial charge in [-0.2, -0.15) is 0 Å². The molecule has 38 heavy (non-hydrogen) atoms. The van der Waals surface area contributed by atoms with Crippen LogP contribution in [0.1, 0.15) is 51.3 Å². The fourth-order valence-electron chi connectivity index (χ4n) is 5.06. The van der Waals surface area contributed by atoms with Gasteiger partial charge in [-0.15, -0.1) is 11.3 Å². The van der Waals surface area contributed by atoms with E-state index in [1.165, 1.54) is 27.2 Å². The first-order valence-electron chi connectivity index (χ1n) is 13.5. The molecule has 0 radical (unpaired) electrons. The van der Waals surface area contributed by atoms with E-state index in [-0.39, 0.29) is 12.2 Å². The first kappa shape index (κ1) is 26.4. The maximum absolute atomic E-state index is 12.3. The fourth-order valence-corrected chi connectivity index (χ4v) is 5.91. The number of hydrogen-bond donors (Lipinski definition) is 0. The normalized spacial score (nSPS) is 14.8. The van der Waals surface area contributed by atoms with E-state index in [1.807, 2.05) is 27.0 Å². The van der Waals surface area contributed by atoms with Crippen molar-refractivity contribution in [3.8, 4) is 17.3 Å². The van der Waals surface area contributed by atoms with Crippen molar-refractivity contribution in [3.63, 3.8) is 0 Å². The van der Waals surface area contributed by atoms with Gasteiger partial charge >= 0.3 is 6.09 Å². The monoisotopic (exact) mass is 534 g/mol. The van der Waals surface area contributed by atoms with Gasteiger partial charge in [0.2, 0.25) is 0 Å². The lowest BCUT2D eigenvalue weighted by atomic mass is 10.1. The third-order valence-corrected chi connectivity index (χ3v) is 7.97. The number of amides is 1. The Bertz CT molecular complexity index is 1390. The lowest BCUT2D eigenvalue weighted by Crippen LogP contribution is -2.44. The average Bonchev–Trinajstić information content (AvgIpc) is 3.56. The molecule has 1 amide bonds. The molecular formula is C30H38N4O3S. The minimum absolute atomic E-state index is 0.120. The van der Waals surface area contributed by atoms with Gasteiger partial charge in [-0.25, -0.2) is 9.78 Å². The Labute approximate surface area is 229 Å². The number of aromatic nitrogens is 3. The third-order valence-electron chi connectivity index (χ3n) is 7.12. The second-order valence-electron chi connectivity index (χ2n) is 11.2. The van der Waals surface area contributed by atoms with Crippen molar-refractivity contribution in [2.75, 3.05) is 13.1 Å². The van der Waals surface area contributed by atoms with Crippen LogP contribution in [-0.2, 0) is 24.8 Å². The van der Waals surface area contributed by atoms with Gasteiger partial charge in [0, 0.05) is 51.4 Å². The number of carbonyl (C=O) groups is 1. The lowest BCUT2D eigenvalue weighted by molar-refractivity contribution is 0.0126. The van der Waals surface area contributed by atoms with Crippen LogP contribution in [-0.4, -0.2) is 49.9 Å². The van der Waals surface area contributed by atoms with Crippen molar-refractivity contribution in [1.29, 1.82) is 0 Å². The Morgan fingerprint density at radius 2 is 1.87 bits per heavy atom. The molecule has 1 aliphatic rings. The maximum Gasteiger partial charge on any atom is 0.410 e. The van der Waals surface area contributed by atoms with Crippen LogP contribution < -0.4 is 4.74 Å². The number of likely N-dealkylation sites (tertiary alicyclic amines) is 1. The molecule has 1 fully saturated rings.